The van der Waals surface area contributed by atoms with E-state index in [1.807, 2.05) is 6.07 Å². The van der Waals surface area contributed by atoms with Crippen LogP contribution in [-0.2, 0) is 9.53 Å². The number of esters is 1. The van der Waals surface area contributed by atoms with Gasteiger partial charge in [-0.1, -0.05) is 42.5 Å². The fourth-order valence-electron chi connectivity index (χ4n) is 1.85. The quantitative estimate of drug-likeness (QED) is 0.365. The zero-order valence-corrected chi connectivity index (χ0v) is 11.3. The number of para-hydroxylation sites is 2. The molecular formula is C15H13NO5. The molecule has 0 aliphatic heterocycles. The van der Waals surface area contributed by atoms with Crippen molar-refractivity contribution < 1.29 is 19.2 Å². The van der Waals surface area contributed by atoms with Gasteiger partial charge < -0.3 is 9.47 Å². The number of carbonyl (C=O) groups is 1. The summed E-state index contributed by atoms with van der Waals surface area (Å²) in [6.45, 7) is 0. The normalized spacial score (nSPS) is 11.7. The highest BCUT2D eigenvalue weighted by molar-refractivity contribution is 5.79. The Balaban J connectivity index is 2.23. The molecule has 0 spiro atoms. The van der Waals surface area contributed by atoms with Gasteiger partial charge in [0.2, 0.25) is 5.75 Å². The van der Waals surface area contributed by atoms with Crippen molar-refractivity contribution in [2.24, 2.45) is 0 Å². The molecule has 0 fully saturated rings. The van der Waals surface area contributed by atoms with E-state index in [1.165, 1.54) is 25.3 Å². The van der Waals surface area contributed by atoms with E-state index in [2.05, 4.69) is 0 Å². The molecule has 2 aromatic rings. The number of nitro benzene ring substituents is 1. The first kappa shape index (κ1) is 14.7. The number of methoxy groups -OCH3 is 1. The van der Waals surface area contributed by atoms with E-state index in [0.29, 0.717) is 5.56 Å². The van der Waals surface area contributed by atoms with Gasteiger partial charge in [-0.25, -0.2) is 4.79 Å². The first-order valence-corrected chi connectivity index (χ1v) is 6.16. The lowest BCUT2D eigenvalue weighted by molar-refractivity contribution is -0.385. The Bertz CT molecular complexity index is 642. The van der Waals surface area contributed by atoms with Crippen LogP contribution in [0, 0.1) is 10.1 Å². The molecule has 0 radical (unpaired) electrons. The summed E-state index contributed by atoms with van der Waals surface area (Å²) in [5.41, 5.74) is 0.345. The molecule has 6 heteroatoms. The highest BCUT2D eigenvalue weighted by Crippen LogP contribution is 2.28. The Hall–Kier alpha value is -2.73. The van der Waals surface area contributed by atoms with Crippen LogP contribution in [0.1, 0.15) is 11.7 Å². The average Bonchev–Trinajstić information content (AvgIpc) is 2.49. The summed E-state index contributed by atoms with van der Waals surface area (Å²) in [6, 6.07) is 14.5. The molecule has 6 nitrogen and oxygen atoms in total. The van der Waals surface area contributed by atoms with Gasteiger partial charge >= 0.3 is 11.7 Å². The van der Waals surface area contributed by atoms with Crippen molar-refractivity contribution in [3.63, 3.8) is 0 Å². The fourth-order valence-corrected chi connectivity index (χ4v) is 1.85. The maximum Gasteiger partial charge on any atom is 0.345 e. The van der Waals surface area contributed by atoms with Crippen LogP contribution in [0.3, 0.4) is 0 Å². The second-order valence-electron chi connectivity index (χ2n) is 4.17. The number of nitro groups is 1. The first-order valence-electron chi connectivity index (χ1n) is 6.16. The summed E-state index contributed by atoms with van der Waals surface area (Å²) in [5, 5.41) is 10.9. The van der Waals surface area contributed by atoms with E-state index in [4.69, 9.17) is 9.47 Å². The molecule has 0 aliphatic rings. The lowest BCUT2D eigenvalue weighted by Crippen LogP contribution is -2.20. The molecular weight excluding hydrogens is 274 g/mol. The first-order chi connectivity index (χ1) is 10.1. The smallest absolute Gasteiger partial charge is 0.345 e. The molecule has 2 rings (SSSR count). The molecule has 2 aromatic carbocycles. The largest absolute Gasteiger partial charge is 0.417 e. The summed E-state index contributed by atoms with van der Waals surface area (Å²) in [6.07, 6.45) is -0.939. The summed E-state index contributed by atoms with van der Waals surface area (Å²) in [4.78, 5) is 22.4. The van der Waals surface area contributed by atoms with Gasteiger partial charge in [-0.15, -0.1) is 0 Å². The molecule has 0 heterocycles. The summed E-state index contributed by atoms with van der Waals surface area (Å²) in [5.74, 6) is -0.816. The van der Waals surface area contributed by atoms with Crippen molar-refractivity contribution in [2.75, 3.05) is 7.11 Å². The molecule has 0 unspecified atom stereocenters. The minimum atomic E-state index is -0.939. The third-order valence-corrected chi connectivity index (χ3v) is 2.82. The maximum absolute atomic E-state index is 12.1. The van der Waals surface area contributed by atoms with Crippen LogP contribution in [0.2, 0.25) is 0 Å². The SMILES string of the molecule is CO[C@@H](C(=O)Oc1ccccc1[N+](=O)[O-])c1ccccc1. The monoisotopic (exact) mass is 287 g/mol. The third kappa shape index (κ3) is 3.43. The number of rotatable bonds is 5. The van der Waals surface area contributed by atoms with Crippen molar-refractivity contribution in [1.29, 1.82) is 0 Å². The van der Waals surface area contributed by atoms with Crippen LogP contribution in [0.5, 0.6) is 5.75 Å². The van der Waals surface area contributed by atoms with E-state index in [1.54, 1.807) is 30.3 Å². The Morgan fingerprint density at radius 2 is 1.71 bits per heavy atom. The van der Waals surface area contributed by atoms with Gasteiger partial charge in [-0.05, 0) is 11.6 Å². The number of nitrogens with zero attached hydrogens (tertiary/aromatic N) is 1. The van der Waals surface area contributed by atoms with Crippen molar-refractivity contribution in [3.8, 4) is 5.75 Å². The van der Waals surface area contributed by atoms with Crippen molar-refractivity contribution in [3.05, 3.63) is 70.3 Å². The van der Waals surface area contributed by atoms with Crippen LogP contribution < -0.4 is 4.74 Å². The molecule has 0 bridgehead atoms. The van der Waals surface area contributed by atoms with Gasteiger partial charge in [-0.2, -0.15) is 0 Å². The summed E-state index contributed by atoms with van der Waals surface area (Å²) in [7, 11) is 1.37. The van der Waals surface area contributed by atoms with Gasteiger partial charge in [0.1, 0.15) is 0 Å². The molecule has 21 heavy (non-hydrogen) atoms. The van der Waals surface area contributed by atoms with Gasteiger partial charge in [0.25, 0.3) is 0 Å². The molecule has 0 aromatic heterocycles. The highest BCUT2D eigenvalue weighted by Gasteiger charge is 2.25. The van der Waals surface area contributed by atoms with Crippen molar-refractivity contribution in [2.45, 2.75) is 6.10 Å². The van der Waals surface area contributed by atoms with Crippen molar-refractivity contribution >= 4 is 11.7 Å². The predicted octanol–water partition coefficient (Wildman–Crippen LogP) is 2.89. The van der Waals surface area contributed by atoms with E-state index >= 15 is 0 Å². The second kappa shape index (κ2) is 6.62. The Kier molecular flexibility index (Phi) is 4.63. The molecule has 0 amide bonds. The topological polar surface area (TPSA) is 78.7 Å². The van der Waals surface area contributed by atoms with E-state index in [9.17, 15) is 14.9 Å². The minimum absolute atomic E-state index is 0.106. The van der Waals surface area contributed by atoms with Gasteiger partial charge in [0.15, 0.2) is 6.10 Å². The summed E-state index contributed by atoms with van der Waals surface area (Å²) >= 11 is 0. The zero-order chi connectivity index (χ0) is 15.2. The number of benzene rings is 2. The van der Waals surface area contributed by atoms with E-state index < -0.39 is 17.0 Å². The van der Waals surface area contributed by atoms with E-state index in [-0.39, 0.29) is 11.4 Å². The number of carbonyl (C=O) groups excluding carboxylic acids is 1. The van der Waals surface area contributed by atoms with Crippen LogP contribution in [0.4, 0.5) is 5.69 Å². The lowest BCUT2D eigenvalue weighted by atomic mass is 10.1. The molecule has 0 saturated carbocycles. The lowest BCUT2D eigenvalue weighted by Gasteiger charge is -2.14. The zero-order valence-electron chi connectivity index (χ0n) is 11.3. The Labute approximate surface area is 121 Å². The minimum Gasteiger partial charge on any atom is -0.417 e. The number of hydrogen-bond donors (Lipinski definition) is 0. The van der Waals surface area contributed by atoms with Gasteiger partial charge in [0.05, 0.1) is 4.92 Å². The van der Waals surface area contributed by atoms with E-state index in [0.717, 1.165) is 0 Å². The standard InChI is InChI=1S/C15H13NO5/c1-20-14(11-7-3-2-4-8-11)15(17)21-13-10-6-5-9-12(13)16(18)19/h2-10,14H,1H3/t14-/m1/s1. The third-order valence-electron chi connectivity index (χ3n) is 2.82. The van der Waals surface area contributed by atoms with Crippen LogP contribution in [0.25, 0.3) is 0 Å². The van der Waals surface area contributed by atoms with Crippen LogP contribution in [-0.4, -0.2) is 18.0 Å². The Morgan fingerprint density at radius 1 is 1.10 bits per heavy atom. The molecule has 0 aliphatic carbocycles. The highest BCUT2D eigenvalue weighted by atomic mass is 16.6. The summed E-state index contributed by atoms with van der Waals surface area (Å²) < 4.78 is 10.2. The molecule has 0 saturated heterocycles. The number of ether oxygens (including phenoxy) is 2. The maximum atomic E-state index is 12.1. The van der Waals surface area contributed by atoms with Gasteiger partial charge in [0, 0.05) is 13.2 Å². The van der Waals surface area contributed by atoms with Crippen LogP contribution in [0.15, 0.2) is 54.6 Å². The van der Waals surface area contributed by atoms with Gasteiger partial charge in [-0.3, -0.25) is 10.1 Å². The molecule has 108 valence electrons. The fraction of sp³-hybridized carbons (Fsp3) is 0.133. The van der Waals surface area contributed by atoms with Crippen molar-refractivity contribution in [1.82, 2.24) is 0 Å². The Morgan fingerprint density at radius 3 is 2.33 bits per heavy atom. The predicted molar refractivity (Wildman–Crippen MR) is 74.9 cm³/mol. The second-order valence-corrected chi connectivity index (χ2v) is 4.17. The average molecular weight is 287 g/mol. The van der Waals surface area contributed by atoms with Crippen LogP contribution >= 0.6 is 0 Å². The molecule has 1 atom stereocenters. The number of hydrogen-bond acceptors (Lipinski definition) is 5. The molecule has 0 N–H and O–H groups in total.